The molecule has 0 aliphatic rings. The summed E-state index contributed by atoms with van der Waals surface area (Å²) < 4.78 is 36.9. The maximum absolute atomic E-state index is 11.5. The fraction of sp³-hybridized carbons (Fsp3) is 0.278. The zero-order valence-corrected chi connectivity index (χ0v) is 29.7. The van der Waals surface area contributed by atoms with Crippen molar-refractivity contribution in [2.45, 2.75) is 27.7 Å². The lowest BCUT2D eigenvalue weighted by Crippen LogP contribution is -2.08. The van der Waals surface area contributed by atoms with E-state index in [0.717, 1.165) is 39.7 Å². The van der Waals surface area contributed by atoms with E-state index in [2.05, 4.69) is 0 Å². The second kappa shape index (κ2) is 18.0. The van der Waals surface area contributed by atoms with E-state index in [1.807, 2.05) is 98.0 Å². The molecule has 0 aliphatic carbocycles. The monoisotopic (exact) mass is 678 g/mol. The third-order valence-electron chi connectivity index (χ3n) is 6.84. The van der Waals surface area contributed by atoms with Crippen molar-refractivity contribution < 1.29 is 23.2 Å². The lowest BCUT2D eigenvalue weighted by atomic mass is 10.2. The van der Waals surface area contributed by atoms with Crippen LogP contribution in [-0.2, 0) is 10.8 Å². The van der Waals surface area contributed by atoms with Gasteiger partial charge in [0.05, 0.1) is 25.0 Å². The number of hydrogen-bond acceptors (Lipinski definition) is 8. The van der Waals surface area contributed by atoms with Crippen LogP contribution in [0.15, 0.2) is 70.3 Å². The molecule has 0 radical (unpaired) electrons. The van der Waals surface area contributed by atoms with Gasteiger partial charge in [-0.25, -0.2) is 0 Å². The first-order chi connectivity index (χ1) is 22.4. The van der Waals surface area contributed by atoms with Gasteiger partial charge in [-0.1, -0.05) is 12.1 Å². The molecule has 4 rings (SSSR count). The highest BCUT2D eigenvalue weighted by Gasteiger charge is 2.07. The minimum atomic E-state index is -1.05. The molecule has 0 saturated carbocycles. The first kappa shape index (κ1) is 37.0. The van der Waals surface area contributed by atoms with Gasteiger partial charge in [0.25, 0.3) is 0 Å². The summed E-state index contributed by atoms with van der Waals surface area (Å²) >= 11 is 1.61. The standard InChI is InChI=1S/C18H21NO4S.C18H21NO3S/c1-13-9-16(20)10-14(2)19(13)8-7-15-5-6-17(22-3)18(11-15)23-12-24(4)21;1-13-9-16(20)10-14(2)19(13)8-7-15-5-6-17(21-3)18(11-15)22-12-23-4/h5-11H,12H2,1-4H3;5-11H,12H2,1-4H3/b2*8-7+. The Balaban J connectivity index is 0.000000256. The summed E-state index contributed by atoms with van der Waals surface area (Å²) in [5.41, 5.74) is 5.47. The zero-order chi connectivity index (χ0) is 34.5. The summed E-state index contributed by atoms with van der Waals surface area (Å²) in [7, 11) is 2.14. The molecule has 2 aromatic carbocycles. The lowest BCUT2D eigenvalue weighted by Gasteiger charge is -2.11. The van der Waals surface area contributed by atoms with E-state index < -0.39 is 10.8 Å². The van der Waals surface area contributed by atoms with Crippen LogP contribution in [0.25, 0.3) is 24.6 Å². The van der Waals surface area contributed by atoms with Crippen LogP contribution in [0.3, 0.4) is 0 Å². The van der Waals surface area contributed by atoms with Crippen LogP contribution in [0, 0.1) is 27.7 Å². The van der Waals surface area contributed by atoms with E-state index in [0.29, 0.717) is 23.2 Å². The van der Waals surface area contributed by atoms with E-state index in [1.165, 1.54) is 0 Å². The number of methoxy groups -OCH3 is 2. The smallest absolute Gasteiger partial charge is 0.182 e. The zero-order valence-electron chi connectivity index (χ0n) is 28.1. The maximum Gasteiger partial charge on any atom is 0.182 e. The molecule has 9 nitrogen and oxygen atoms in total. The van der Waals surface area contributed by atoms with Gasteiger partial charge in [0.15, 0.2) is 39.8 Å². The molecule has 47 heavy (non-hydrogen) atoms. The fourth-order valence-electron chi connectivity index (χ4n) is 4.62. The number of rotatable bonds is 12. The molecule has 1 atom stereocenters. The highest BCUT2D eigenvalue weighted by Crippen LogP contribution is 2.30. The van der Waals surface area contributed by atoms with E-state index in [4.69, 9.17) is 18.9 Å². The number of aromatic nitrogens is 2. The summed E-state index contributed by atoms with van der Waals surface area (Å²) in [6.07, 6.45) is 11.3. The van der Waals surface area contributed by atoms with E-state index in [9.17, 15) is 13.8 Å². The summed E-state index contributed by atoms with van der Waals surface area (Å²) in [6, 6.07) is 17.8. The number of hydrogen-bond donors (Lipinski definition) is 0. The van der Waals surface area contributed by atoms with Crippen LogP contribution < -0.4 is 29.8 Å². The molecule has 2 aromatic heterocycles. The largest absolute Gasteiger partial charge is 0.493 e. The molecule has 0 N–H and O–H groups in total. The highest BCUT2D eigenvalue weighted by atomic mass is 32.2. The molecule has 0 aliphatic heterocycles. The fourth-order valence-corrected chi connectivity index (χ4v) is 5.16. The first-order valence-corrected chi connectivity index (χ1v) is 17.7. The van der Waals surface area contributed by atoms with Crippen LogP contribution in [-0.4, -0.2) is 52.0 Å². The van der Waals surface area contributed by atoms with Gasteiger partial charge in [-0.2, -0.15) is 0 Å². The average molecular weight is 679 g/mol. The summed E-state index contributed by atoms with van der Waals surface area (Å²) in [5, 5.41) is 0. The minimum absolute atomic E-state index is 0.00218. The Bertz CT molecular complexity index is 1820. The van der Waals surface area contributed by atoms with Crippen molar-refractivity contribution in [3.05, 3.63) is 115 Å². The quantitative estimate of drug-likeness (QED) is 0.154. The van der Waals surface area contributed by atoms with Gasteiger partial charge in [0.1, 0.15) is 5.94 Å². The number of pyridine rings is 2. The molecule has 4 aromatic rings. The Kier molecular flexibility index (Phi) is 14.2. The lowest BCUT2D eigenvalue weighted by molar-refractivity contribution is 0.341. The van der Waals surface area contributed by atoms with Crippen LogP contribution in [0.5, 0.6) is 23.0 Å². The van der Waals surface area contributed by atoms with Gasteiger partial charge in [0, 0.05) is 65.7 Å². The number of nitrogens with zero attached hydrogens (tertiary/aromatic N) is 2. The Hall–Kier alpha value is -4.48. The van der Waals surface area contributed by atoms with Crippen LogP contribution >= 0.6 is 11.8 Å². The van der Waals surface area contributed by atoms with Crippen LogP contribution in [0.2, 0.25) is 0 Å². The molecular formula is C36H42N2O7S2. The molecule has 0 fully saturated rings. The van der Waals surface area contributed by atoms with Crippen molar-refractivity contribution in [1.29, 1.82) is 0 Å². The van der Waals surface area contributed by atoms with Gasteiger partial charge in [0.2, 0.25) is 0 Å². The van der Waals surface area contributed by atoms with Crippen molar-refractivity contribution in [3.63, 3.8) is 0 Å². The summed E-state index contributed by atoms with van der Waals surface area (Å²) in [4.78, 5) is 23.0. The van der Waals surface area contributed by atoms with Gasteiger partial charge in [-0.05, 0) is 81.5 Å². The second-order valence-electron chi connectivity index (χ2n) is 10.5. The van der Waals surface area contributed by atoms with Crippen molar-refractivity contribution in [2.24, 2.45) is 0 Å². The van der Waals surface area contributed by atoms with Gasteiger partial charge >= 0.3 is 0 Å². The number of ether oxygens (including phenoxy) is 4. The maximum atomic E-state index is 11.5. The van der Waals surface area contributed by atoms with Crippen molar-refractivity contribution in [3.8, 4) is 23.0 Å². The normalized spacial score (nSPS) is 11.7. The Labute approximate surface area is 282 Å². The van der Waals surface area contributed by atoms with E-state index >= 15 is 0 Å². The van der Waals surface area contributed by atoms with E-state index in [-0.39, 0.29) is 16.8 Å². The van der Waals surface area contributed by atoms with Crippen LogP contribution in [0.4, 0.5) is 0 Å². The molecule has 0 saturated heterocycles. The summed E-state index contributed by atoms with van der Waals surface area (Å²) in [5.74, 6) is 3.25. The number of benzene rings is 2. The highest BCUT2D eigenvalue weighted by molar-refractivity contribution is 7.98. The average Bonchev–Trinajstić information content (AvgIpc) is 3.02. The first-order valence-electron chi connectivity index (χ1n) is 14.6. The van der Waals surface area contributed by atoms with Crippen LogP contribution in [0.1, 0.15) is 33.9 Å². The Morgan fingerprint density at radius 2 is 1.06 bits per heavy atom. The molecule has 250 valence electrons. The van der Waals surface area contributed by atoms with Gasteiger partial charge in [-0.3, -0.25) is 13.8 Å². The molecule has 0 amide bonds. The van der Waals surface area contributed by atoms with E-state index in [1.54, 1.807) is 62.6 Å². The number of thioether (sulfide) groups is 1. The van der Waals surface area contributed by atoms with Gasteiger partial charge in [-0.15, -0.1) is 11.8 Å². The third-order valence-corrected chi connectivity index (χ3v) is 7.65. The topological polar surface area (TPSA) is 98.0 Å². The Morgan fingerprint density at radius 3 is 1.43 bits per heavy atom. The van der Waals surface area contributed by atoms with Crippen molar-refractivity contribution in [1.82, 2.24) is 9.13 Å². The molecule has 11 heteroatoms. The van der Waals surface area contributed by atoms with Crippen molar-refractivity contribution in [2.75, 3.05) is 38.6 Å². The molecule has 0 spiro atoms. The van der Waals surface area contributed by atoms with Crippen molar-refractivity contribution >= 4 is 47.1 Å². The Morgan fingerprint density at radius 1 is 0.660 bits per heavy atom. The molecule has 1 unspecified atom stereocenters. The summed E-state index contributed by atoms with van der Waals surface area (Å²) in [6.45, 7) is 7.61. The minimum Gasteiger partial charge on any atom is -0.493 e. The molecular weight excluding hydrogens is 637 g/mol. The predicted molar refractivity (Wildman–Crippen MR) is 195 cm³/mol. The third kappa shape index (κ3) is 11.1. The molecule has 2 heterocycles. The predicted octanol–water partition coefficient (Wildman–Crippen LogP) is 6.62. The number of aryl methyl sites for hydroxylation is 4. The van der Waals surface area contributed by atoms with Gasteiger partial charge < -0.3 is 28.1 Å². The molecule has 0 bridgehead atoms. The SMILES string of the molecule is COc1ccc(/C=C/n2c(C)cc(=O)cc2C)cc1OCS(C)=O.COc1ccc(/C=C/n2c(C)cc(=O)cc2C)cc1OCSC. The second-order valence-corrected chi connectivity index (χ2v) is 12.7.